The lowest BCUT2D eigenvalue weighted by Crippen LogP contribution is -2.50. The maximum absolute atomic E-state index is 13.7. The summed E-state index contributed by atoms with van der Waals surface area (Å²) in [5, 5.41) is 5.10. The molecule has 0 unspecified atom stereocenters. The van der Waals surface area contributed by atoms with Crippen molar-refractivity contribution in [3.63, 3.8) is 0 Å². The molecule has 27 heavy (non-hydrogen) atoms. The second kappa shape index (κ2) is 10.2. The van der Waals surface area contributed by atoms with E-state index in [1.54, 1.807) is 13.8 Å². The molecule has 1 aromatic carbocycles. The van der Waals surface area contributed by atoms with Gasteiger partial charge >= 0.3 is 6.18 Å². The van der Waals surface area contributed by atoms with Crippen molar-refractivity contribution >= 4 is 11.8 Å². The van der Waals surface area contributed by atoms with Crippen molar-refractivity contribution in [1.82, 2.24) is 15.5 Å². The average Bonchev–Trinajstić information content (AvgIpc) is 2.54. The number of rotatable bonds is 9. The van der Waals surface area contributed by atoms with E-state index in [0.717, 1.165) is 11.0 Å². The lowest BCUT2D eigenvalue weighted by Gasteiger charge is -2.22. The van der Waals surface area contributed by atoms with Crippen molar-refractivity contribution in [3.05, 3.63) is 35.6 Å². The topological polar surface area (TPSA) is 61.4 Å². The van der Waals surface area contributed by atoms with E-state index in [0.29, 0.717) is 6.42 Å². The van der Waals surface area contributed by atoms with Crippen LogP contribution in [0.25, 0.3) is 0 Å². The molecule has 1 aromatic rings. The van der Waals surface area contributed by atoms with Gasteiger partial charge in [0.1, 0.15) is 11.9 Å². The average molecular weight is 391 g/mol. The van der Waals surface area contributed by atoms with Crippen LogP contribution in [0.5, 0.6) is 0 Å². The van der Waals surface area contributed by atoms with Gasteiger partial charge in [-0.1, -0.05) is 26.0 Å². The molecule has 1 atom stereocenters. The first-order chi connectivity index (χ1) is 12.5. The molecule has 0 saturated heterocycles. The van der Waals surface area contributed by atoms with Crippen LogP contribution in [-0.2, 0) is 4.79 Å². The third kappa shape index (κ3) is 8.38. The highest BCUT2D eigenvalue weighted by molar-refractivity contribution is 5.97. The lowest BCUT2D eigenvalue weighted by molar-refractivity contribution is -0.143. The number of halogens is 4. The molecule has 9 heteroatoms. The standard InChI is InChI=1S/C18H25F4N3O2/c1-12(2)15(24-16(26)13-7-4-5-8-14(13)19)17(27)23-9-6-10-25(3)11-18(20,21)22/h4-5,7-8,12,15H,6,9-11H2,1-3H3,(H,23,27)(H,24,26)/t15-/m0/s1. The summed E-state index contributed by atoms with van der Waals surface area (Å²) in [5.74, 6) is -2.11. The Labute approximate surface area is 156 Å². The highest BCUT2D eigenvalue weighted by Gasteiger charge is 2.29. The van der Waals surface area contributed by atoms with Gasteiger partial charge in [-0.15, -0.1) is 0 Å². The Balaban J connectivity index is 2.52. The molecule has 2 N–H and O–H groups in total. The molecule has 5 nitrogen and oxygen atoms in total. The van der Waals surface area contributed by atoms with Crippen molar-refractivity contribution in [3.8, 4) is 0 Å². The van der Waals surface area contributed by atoms with Gasteiger partial charge in [-0.25, -0.2) is 4.39 Å². The minimum Gasteiger partial charge on any atom is -0.354 e. The monoisotopic (exact) mass is 391 g/mol. The van der Waals surface area contributed by atoms with Crippen molar-refractivity contribution in [1.29, 1.82) is 0 Å². The summed E-state index contributed by atoms with van der Waals surface area (Å²) in [7, 11) is 1.35. The van der Waals surface area contributed by atoms with Crippen molar-refractivity contribution in [2.24, 2.45) is 5.92 Å². The SMILES string of the molecule is CC(C)[C@H](NC(=O)c1ccccc1F)C(=O)NCCCN(C)CC(F)(F)F. The summed E-state index contributed by atoms with van der Waals surface area (Å²) >= 11 is 0. The zero-order chi connectivity index (χ0) is 20.6. The van der Waals surface area contributed by atoms with E-state index in [-0.39, 0.29) is 24.6 Å². The molecule has 0 aromatic heterocycles. The molecule has 0 heterocycles. The van der Waals surface area contributed by atoms with Crippen LogP contribution in [0.3, 0.4) is 0 Å². The number of benzene rings is 1. The van der Waals surface area contributed by atoms with Crippen LogP contribution in [0.2, 0.25) is 0 Å². The Morgan fingerprint density at radius 3 is 2.37 bits per heavy atom. The normalized spacial score (nSPS) is 12.9. The highest BCUT2D eigenvalue weighted by atomic mass is 19.4. The van der Waals surface area contributed by atoms with E-state index in [9.17, 15) is 27.2 Å². The number of hydrogen-bond donors (Lipinski definition) is 2. The molecular weight excluding hydrogens is 366 g/mol. The lowest BCUT2D eigenvalue weighted by atomic mass is 10.0. The van der Waals surface area contributed by atoms with E-state index in [4.69, 9.17) is 0 Å². The Bertz CT molecular complexity index is 635. The summed E-state index contributed by atoms with van der Waals surface area (Å²) in [6.07, 6.45) is -3.94. The van der Waals surface area contributed by atoms with Gasteiger partial charge in [0, 0.05) is 6.54 Å². The summed E-state index contributed by atoms with van der Waals surface area (Å²) in [6, 6.07) is 4.55. The van der Waals surface area contributed by atoms with Crippen LogP contribution >= 0.6 is 0 Å². The van der Waals surface area contributed by atoms with Gasteiger partial charge in [-0.3, -0.25) is 14.5 Å². The summed E-state index contributed by atoms with van der Waals surface area (Å²) in [4.78, 5) is 25.6. The zero-order valence-electron chi connectivity index (χ0n) is 15.6. The predicted octanol–water partition coefficient (Wildman–Crippen LogP) is 2.58. The van der Waals surface area contributed by atoms with Gasteiger partial charge in [0.05, 0.1) is 12.1 Å². The van der Waals surface area contributed by atoms with Crippen molar-refractivity contribution < 1.29 is 27.2 Å². The Morgan fingerprint density at radius 2 is 1.81 bits per heavy atom. The second-order valence-corrected chi connectivity index (χ2v) is 6.67. The fourth-order valence-corrected chi connectivity index (χ4v) is 2.45. The smallest absolute Gasteiger partial charge is 0.354 e. The molecular formula is C18H25F4N3O2. The van der Waals surface area contributed by atoms with Gasteiger partial charge in [0.15, 0.2) is 0 Å². The molecule has 0 aliphatic rings. The molecule has 0 fully saturated rings. The predicted molar refractivity (Wildman–Crippen MR) is 93.7 cm³/mol. The number of nitrogens with one attached hydrogen (secondary N) is 2. The molecule has 0 spiro atoms. The Hall–Kier alpha value is -2.16. The molecule has 0 aliphatic carbocycles. The zero-order valence-corrected chi connectivity index (χ0v) is 15.6. The number of carbonyl (C=O) groups is 2. The van der Waals surface area contributed by atoms with Crippen LogP contribution in [-0.4, -0.2) is 55.6 Å². The minimum absolute atomic E-state index is 0.160. The van der Waals surface area contributed by atoms with Crippen molar-refractivity contribution in [2.45, 2.75) is 32.5 Å². The first-order valence-corrected chi connectivity index (χ1v) is 8.59. The second-order valence-electron chi connectivity index (χ2n) is 6.67. The van der Waals surface area contributed by atoms with E-state index in [1.807, 2.05) is 0 Å². The van der Waals surface area contributed by atoms with Crippen LogP contribution in [0.15, 0.2) is 24.3 Å². The van der Waals surface area contributed by atoms with Gasteiger partial charge in [0.25, 0.3) is 5.91 Å². The van der Waals surface area contributed by atoms with Gasteiger partial charge in [-0.05, 0) is 38.1 Å². The van der Waals surface area contributed by atoms with E-state index < -0.39 is 36.4 Å². The maximum Gasteiger partial charge on any atom is 0.401 e. The number of amides is 2. The van der Waals surface area contributed by atoms with E-state index in [1.165, 1.54) is 25.2 Å². The van der Waals surface area contributed by atoms with Crippen LogP contribution < -0.4 is 10.6 Å². The highest BCUT2D eigenvalue weighted by Crippen LogP contribution is 2.15. The third-order valence-electron chi connectivity index (χ3n) is 3.82. The number of alkyl halides is 3. The fourth-order valence-electron chi connectivity index (χ4n) is 2.45. The van der Waals surface area contributed by atoms with Gasteiger partial charge in [-0.2, -0.15) is 13.2 Å². The molecule has 0 saturated carbocycles. The summed E-state index contributed by atoms with van der Waals surface area (Å²) < 4.78 is 50.4. The van der Waals surface area contributed by atoms with Crippen LogP contribution in [0, 0.1) is 11.7 Å². The molecule has 152 valence electrons. The largest absolute Gasteiger partial charge is 0.401 e. The van der Waals surface area contributed by atoms with E-state index >= 15 is 0 Å². The molecule has 2 amide bonds. The van der Waals surface area contributed by atoms with Gasteiger partial charge in [0.2, 0.25) is 5.91 Å². The molecule has 1 rings (SSSR count). The third-order valence-corrected chi connectivity index (χ3v) is 3.82. The number of nitrogens with zero attached hydrogens (tertiary/aromatic N) is 1. The molecule has 0 aliphatic heterocycles. The Kier molecular flexibility index (Phi) is 8.68. The molecule has 0 bridgehead atoms. The van der Waals surface area contributed by atoms with Crippen LogP contribution in [0.4, 0.5) is 17.6 Å². The van der Waals surface area contributed by atoms with E-state index in [2.05, 4.69) is 10.6 Å². The van der Waals surface area contributed by atoms with Crippen molar-refractivity contribution in [2.75, 3.05) is 26.7 Å². The van der Waals surface area contributed by atoms with Crippen LogP contribution in [0.1, 0.15) is 30.6 Å². The maximum atomic E-state index is 13.7. The molecule has 0 radical (unpaired) electrons. The first kappa shape index (κ1) is 22.9. The first-order valence-electron chi connectivity index (χ1n) is 8.59. The Morgan fingerprint density at radius 1 is 1.19 bits per heavy atom. The number of hydrogen-bond acceptors (Lipinski definition) is 3. The minimum atomic E-state index is -4.27. The fraction of sp³-hybridized carbons (Fsp3) is 0.556. The van der Waals surface area contributed by atoms with Gasteiger partial charge < -0.3 is 10.6 Å². The number of carbonyl (C=O) groups excluding carboxylic acids is 2. The quantitative estimate of drug-likeness (QED) is 0.503. The summed E-state index contributed by atoms with van der Waals surface area (Å²) in [6.45, 7) is 2.76. The summed E-state index contributed by atoms with van der Waals surface area (Å²) in [5.41, 5.74) is -0.162.